The number of hydrogen-bond donors (Lipinski definition) is 7. The molecule has 0 atom stereocenters. The van der Waals surface area contributed by atoms with Gasteiger partial charge in [0.15, 0.2) is 5.84 Å². The SMILES string of the molecule is CC(=O)OOO.Cl.N#Cc1ccc(CO)c(Br)c1.N/C(=N\O)c1ccc(CO)c(Br)c1.NO.[H-].[Na+]. The molecule has 0 fully saturated rings. The number of amidine groups is 1. The molecule has 0 radical (unpaired) electrons. The van der Waals surface area contributed by atoms with Gasteiger partial charge >= 0.3 is 35.5 Å². The Hall–Kier alpha value is -1.32. The van der Waals surface area contributed by atoms with Crippen molar-refractivity contribution in [3.05, 3.63) is 67.6 Å². The first-order valence-electron chi connectivity index (χ1n) is 8.15. The molecule has 0 amide bonds. The Bertz CT molecular complexity index is 927. The van der Waals surface area contributed by atoms with Gasteiger partial charge in [-0.3, -0.25) is 4.89 Å². The molecule has 0 aliphatic heterocycles. The standard InChI is InChI=1S/C8H9BrN2O2.C8H6BrNO.C2H4O4.ClH.H3NO.Na.H/c9-7-3-5(8(10)11-13)1-2-6(7)4-12;9-8-3-6(4-10)1-2-7(8)5-11;1-2(3)5-6-4;;1-2;;/h1-3,12-13H,4H2,(H2,10,11);1-3,11H,5H2;4H,1H3;1H;2H,1H2;;/q;;;;;+1;-1. The number of aliphatic hydroxyl groups excluding tert-OH is 2. The fourth-order valence-corrected chi connectivity index (χ4v) is 2.70. The maximum atomic E-state index is 9.54. The molecular weight excluding hydrogens is 618 g/mol. The van der Waals surface area contributed by atoms with E-state index in [1.54, 1.807) is 36.4 Å². The third-order valence-corrected chi connectivity index (χ3v) is 4.61. The first kappa shape index (κ1) is 39.9. The third kappa shape index (κ3) is 17.2. The first-order chi connectivity index (χ1) is 15.2. The van der Waals surface area contributed by atoms with E-state index in [0.29, 0.717) is 11.1 Å². The van der Waals surface area contributed by atoms with Gasteiger partial charge in [-0.2, -0.15) is 5.26 Å². The molecule has 2 rings (SSSR count). The number of aliphatic hydroxyl groups is 2. The third-order valence-electron chi connectivity index (χ3n) is 3.13. The Morgan fingerprint density at radius 2 is 1.59 bits per heavy atom. The zero-order valence-corrected chi connectivity index (χ0v) is 24.0. The van der Waals surface area contributed by atoms with Gasteiger partial charge in [0.1, 0.15) is 0 Å². The molecule has 0 aliphatic rings. The van der Waals surface area contributed by atoms with Crippen LogP contribution in [0.15, 0.2) is 50.5 Å². The Labute approximate surface area is 242 Å². The van der Waals surface area contributed by atoms with Crippen molar-refractivity contribution in [1.29, 1.82) is 5.26 Å². The van der Waals surface area contributed by atoms with Gasteiger partial charge in [-0.15, -0.1) is 12.4 Å². The van der Waals surface area contributed by atoms with Crippen LogP contribution in [0.25, 0.3) is 0 Å². The average Bonchev–Trinajstić information content (AvgIpc) is 2.80. The summed E-state index contributed by atoms with van der Waals surface area (Å²) in [6.45, 7) is 1.06. The molecule has 2 aromatic rings. The molecule has 12 nitrogen and oxygen atoms in total. The topological polar surface area (TPSA) is 225 Å². The fraction of sp³-hybridized carbons (Fsp3) is 0.167. The minimum atomic E-state index is -0.683. The minimum absolute atomic E-state index is 0. The predicted molar refractivity (Wildman–Crippen MR) is 127 cm³/mol. The van der Waals surface area contributed by atoms with Crippen molar-refractivity contribution >= 4 is 56.1 Å². The van der Waals surface area contributed by atoms with Gasteiger partial charge in [-0.1, -0.05) is 55.2 Å². The number of halogens is 3. The molecule has 34 heavy (non-hydrogen) atoms. The van der Waals surface area contributed by atoms with Crippen molar-refractivity contribution in [3.8, 4) is 6.07 Å². The van der Waals surface area contributed by atoms with E-state index in [9.17, 15) is 4.79 Å². The van der Waals surface area contributed by atoms with Gasteiger partial charge < -0.3 is 27.8 Å². The Kier molecular flexibility index (Phi) is 29.1. The number of oxime groups is 1. The molecule has 0 saturated carbocycles. The van der Waals surface area contributed by atoms with Crippen molar-refractivity contribution in [1.82, 2.24) is 0 Å². The Morgan fingerprint density at radius 1 is 1.12 bits per heavy atom. The molecule has 9 N–H and O–H groups in total. The molecule has 0 heterocycles. The zero-order valence-electron chi connectivity index (χ0n) is 19.1. The smallest absolute Gasteiger partial charge is 1.00 e. The maximum absolute atomic E-state index is 9.54. The minimum Gasteiger partial charge on any atom is -1.00 e. The second kappa shape index (κ2) is 24.8. The summed E-state index contributed by atoms with van der Waals surface area (Å²) >= 11 is 6.49. The fourth-order valence-electron chi connectivity index (χ4n) is 1.69. The summed E-state index contributed by atoms with van der Waals surface area (Å²) in [5.41, 5.74) is 8.12. The van der Waals surface area contributed by atoms with Crippen LogP contribution in [0.1, 0.15) is 30.6 Å². The van der Waals surface area contributed by atoms with Gasteiger partial charge in [-0.05, 0) is 34.4 Å². The first-order valence-corrected chi connectivity index (χ1v) is 9.73. The number of nitriles is 1. The van der Waals surface area contributed by atoms with E-state index < -0.39 is 5.97 Å². The van der Waals surface area contributed by atoms with Crippen molar-refractivity contribution in [2.75, 3.05) is 0 Å². The maximum Gasteiger partial charge on any atom is 1.00 e. The van der Waals surface area contributed by atoms with Gasteiger partial charge in [0.2, 0.25) is 0 Å². The van der Waals surface area contributed by atoms with Crippen LogP contribution in [0, 0.1) is 11.3 Å². The quantitative estimate of drug-likeness (QED) is 0.0571. The average molecular weight is 643 g/mol. The van der Waals surface area contributed by atoms with E-state index in [1.165, 1.54) is 0 Å². The molecule has 0 unspecified atom stereocenters. The molecule has 0 bridgehead atoms. The van der Waals surface area contributed by atoms with Crippen LogP contribution in [-0.2, 0) is 27.9 Å². The van der Waals surface area contributed by atoms with Crippen LogP contribution in [0.4, 0.5) is 0 Å². The summed E-state index contributed by atoms with van der Waals surface area (Å²) in [6.07, 6.45) is 0. The summed E-state index contributed by atoms with van der Waals surface area (Å²) in [4.78, 5) is 13.0. The summed E-state index contributed by atoms with van der Waals surface area (Å²) in [7, 11) is 0. The Morgan fingerprint density at radius 3 is 1.88 bits per heavy atom. The molecular formula is C18H24Br2ClN4NaO8. The normalized spacial score (nSPS) is 8.97. The van der Waals surface area contributed by atoms with E-state index in [4.69, 9.17) is 36.9 Å². The van der Waals surface area contributed by atoms with Gasteiger partial charge in [-0.25, -0.2) is 15.9 Å². The van der Waals surface area contributed by atoms with E-state index >= 15 is 0 Å². The van der Waals surface area contributed by atoms with E-state index in [1.807, 2.05) is 6.07 Å². The monoisotopic (exact) mass is 640 g/mol. The summed E-state index contributed by atoms with van der Waals surface area (Å²) < 4.78 is 1.51. The predicted octanol–water partition coefficient (Wildman–Crippen LogP) is -0.324. The second-order valence-corrected chi connectivity index (χ2v) is 6.88. The number of nitrogens with two attached hydrogens (primary N) is 2. The van der Waals surface area contributed by atoms with Crippen LogP contribution in [0.2, 0.25) is 0 Å². The molecule has 186 valence electrons. The van der Waals surface area contributed by atoms with Crippen LogP contribution in [-0.4, -0.2) is 37.7 Å². The number of nitrogens with zero attached hydrogens (tertiary/aromatic N) is 2. The molecule has 16 heteroatoms. The van der Waals surface area contributed by atoms with E-state index in [-0.39, 0.29) is 62.4 Å². The van der Waals surface area contributed by atoms with Crippen LogP contribution in [0.5, 0.6) is 0 Å². The molecule has 2 aromatic carbocycles. The number of carbonyl (C=O) groups excluding carboxylic acids is 1. The number of benzene rings is 2. The van der Waals surface area contributed by atoms with Crippen LogP contribution in [0.3, 0.4) is 0 Å². The summed E-state index contributed by atoms with van der Waals surface area (Å²) in [5, 5.41) is 54.1. The zero-order chi connectivity index (χ0) is 25.1. The van der Waals surface area contributed by atoms with Crippen LogP contribution >= 0.6 is 44.3 Å². The van der Waals surface area contributed by atoms with Crippen molar-refractivity contribution < 1.29 is 71.6 Å². The number of carbonyl (C=O) groups is 1. The van der Waals surface area contributed by atoms with E-state index in [2.05, 4.69) is 52.8 Å². The van der Waals surface area contributed by atoms with Crippen molar-refractivity contribution in [3.63, 3.8) is 0 Å². The van der Waals surface area contributed by atoms with Crippen molar-refractivity contribution in [2.45, 2.75) is 20.1 Å². The van der Waals surface area contributed by atoms with Crippen LogP contribution < -0.4 is 41.2 Å². The molecule has 0 saturated heterocycles. The van der Waals surface area contributed by atoms with Gasteiger partial charge in [0.05, 0.1) is 24.8 Å². The van der Waals surface area contributed by atoms with Gasteiger partial charge in [0, 0.05) is 21.4 Å². The number of hydrogen-bond acceptors (Lipinski definition) is 11. The number of rotatable bonds is 4. The summed E-state index contributed by atoms with van der Waals surface area (Å²) in [5.74, 6) is 2.86. The van der Waals surface area contributed by atoms with Gasteiger partial charge in [0.25, 0.3) is 0 Å². The summed E-state index contributed by atoms with van der Waals surface area (Å²) in [6, 6.07) is 12.2. The molecule has 0 spiro atoms. The van der Waals surface area contributed by atoms with E-state index in [0.717, 1.165) is 27.0 Å². The van der Waals surface area contributed by atoms with Crippen molar-refractivity contribution in [2.24, 2.45) is 16.8 Å². The largest absolute Gasteiger partial charge is 1.00 e. The molecule has 0 aliphatic carbocycles. The molecule has 0 aromatic heterocycles. The second-order valence-electron chi connectivity index (χ2n) is 5.18. The Balaban J connectivity index is -0.000000125.